The summed E-state index contributed by atoms with van der Waals surface area (Å²) in [5.74, 6) is 2.93. The van der Waals surface area contributed by atoms with E-state index in [0.29, 0.717) is 40.0 Å². The lowest BCUT2D eigenvalue weighted by Gasteiger charge is -2.33. The van der Waals surface area contributed by atoms with Crippen LogP contribution in [0.5, 0.6) is 5.75 Å². The van der Waals surface area contributed by atoms with E-state index in [1.807, 2.05) is 36.4 Å². The number of thioether (sulfide) groups is 1. The Balaban J connectivity index is 2.02. The predicted molar refractivity (Wildman–Crippen MR) is 164 cm³/mol. The minimum absolute atomic E-state index is 0.0287. The summed E-state index contributed by atoms with van der Waals surface area (Å²) in [6.45, 7) is 16.9. The molecule has 0 radical (unpaired) electrons. The molecule has 0 saturated carbocycles. The first kappa shape index (κ1) is 33.6. The average molecular weight is 590 g/mol. The second-order valence-corrected chi connectivity index (χ2v) is 12.1. The van der Waals surface area contributed by atoms with Crippen LogP contribution in [-0.4, -0.2) is 43.7 Å². The average Bonchev–Trinajstić information content (AvgIpc) is 2.91. The van der Waals surface area contributed by atoms with Crippen molar-refractivity contribution in [1.29, 1.82) is 0 Å². The quantitative estimate of drug-likeness (QED) is 0.0921. The van der Waals surface area contributed by atoms with E-state index in [9.17, 15) is 9.59 Å². The summed E-state index contributed by atoms with van der Waals surface area (Å²) in [4.78, 5) is 25.0. The number of carbonyl (C=O) groups excluding carboxylic acids is 2. The van der Waals surface area contributed by atoms with Crippen LogP contribution in [0.25, 0.3) is 0 Å². The molecule has 2 rings (SSSR count). The maximum atomic E-state index is 12.5. The third-order valence-electron chi connectivity index (χ3n) is 6.68. The fourth-order valence-corrected chi connectivity index (χ4v) is 5.69. The molecule has 0 aliphatic heterocycles. The third kappa shape index (κ3) is 11.5. The van der Waals surface area contributed by atoms with Crippen LogP contribution in [0.3, 0.4) is 0 Å². The van der Waals surface area contributed by atoms with E-state index in [4.69, 9.17) is 25.8 Å². The molecule has 3 unspecified atom stereocenters. The highest BCUT2D eigenvalue weighted by atomic mass is 35.5. The monoisotopic (exact) mass is 589 g/mol. The molecule has 0 saturated heterocycles. The van der Waals surface area contributed by atoms with Gasteiger partial charge >= 0.3 is 12.1 Å². The molecular formula is C32H44ClNO5S. The molecule has 0 heterocycles. The first-order chi connectivity index (χ1) is 19.0. The Kier molecular flexibility index (Phi) is 14.5. The molecule has 0 fully saturated rings. The summed E-state index contributed by atoms with van der Waals surface area (Å²) < 4.78 is 16.7. The van der Waals surface area contributed by atoms with Gasteiger partial charge in [0.2, 0.25) is 0 Å². The second-order valence-electron chi connectivity index (χ2n) is 10.6. The Bertz CT molecular complexity index is 1070. The van der Waals surface area contributed by atoms with E-state index in [1.165, 1.54) is 5.56 Å². The summed E-state index contributed by atoms with van der Waals surface area (Å²) in [5, 5.41) is 3.28. The zero-order valence-corrected chi connectivity index (χ0v) is 26.1. The van der Waals surface area contributed by atoms with Crippen molar-refractivity contribution in [3.63, 3.8) is 0 Å². The van der Waals surface area contributed by atoms with Crippen LogP contribution in [0.4, 0.5) is 4.79 Å². The van der Waals surface area contributed by atoms with Crippen LogP contribution in [0.1, 0.15) is 59.4 Å². The molecule has 8 heteroatoms. The van der Waals surface area contributed by atoms with Crippen LogP contribution >= 0.6 is 23.4 Å². The number of alkyl carbamates (subject to hydrolysis) is 1. The summed E-state index contributed by atoms with van der Waals surface area (Å²) in [6.07, 6.45) is 0.0137. The predicted octanol–water partition coefficient (Wildman–Crippen LogP) is 8.15. The summed E-state index contributed by atoms with van der Waals surface area (Å²) in [6, 6.07) is 15.8. The van der Waals surface area contributed by atoms with Gasteiger partial charge in [0.1, 0.15) is 25.1 Å². The molecule has 2 aromatic carbocycles. The van der Waals surface area contributed by atoms with Gasteiger partial charge in [0.15, 0.2) is 0 Å². The topological polar surface area (TPSA) is 73.9 Å². The van der Waals surface area contributed by atoms with Gasteiger partial charge in [-0.3, -0.25) is 0 Å². The van der Waals surface area contributed by atoms with Gasteiger partial charge in [-0.1, -0.05) is 71.4 Å². The number of hydrogen-bond donors (Lipinski definition) is 1. The van der Waals surface area contributed by atoms with Gasteiger partial charge in [-0.05, 0) is 72.6 Å². The lowest BCUT2D eigenvalue weighted by atomic mass is 9.72. The Labute approximate surface area is 249 Å². The molecule has 6 nitrogen and oxygen atoms in total. The fraction of sp³-hybridized carbons (Fsp3) is 0.500. The number of esters is 1. The molecule has 1 N–H and O–H groups in total. The SMILES string of the molecule is C=C(C)C(=O)OCCNC(=O)OC(COc1ccc(C(C(C)C)C(CC)C(C)C)cc1)CSc1ccc(Cl)cc1. The van der Waals surface area contributed by atoms with Crippen LogP contribution in [0.15, 0.2) is 65.6 Å². The normalized spacial score (nSPS) is 13.4. The van der Waals surface area contributed by atoms with E-state index in [1.54, 1.807) is 18.7 Å². The van der Waals surface area contributed by atoms with E-state index < -0.39 is 18.2 Å². The van der Waals surface area contributed by atoms with Gasteiger partial charge in [-0.15, -0.1) is 11.8 Å². The van der Waals surface area contributed by atoms with Gasteiger partial charge in [0, 0.05) is 21.2 Å². The molecule has 0 aliphatic rings. The van der Waals surface area contributed by atoms with Crippen molar-refractivity contribution >= 4 is 35.4 Å². The Morgan fingerprint density at radius 2 is 1.65 bits per heavy atom. The van der Waals surface area contributed by atoms with Crippen LogP contribution in [-0.2, 0) is 14.3 Å². The zero-order chi connectivity index (χ0) is 29.7. The minimum Gasteiger partial charge on any atom is -0.490 e. The Morgan fingerprint density at radius 1 is 1.00 bits per heavy atom. The molecular weight excluding hydrogens is 546 g/mol. The highest BCUT2D eigenvalue weighted by molar-refractivity contribution is 7.99. The summed E-state index contributed by atoms with van der Waals surface area (Å²) in [7, 11) is 0. The third-order valence-corrected chi connectivity index (χ3v) is 8.08. The number of rotatable bonds is 16. The largest absolute Gasteiger partial charge is 0.490 e. The number of halogens is 1. The number of ether oxygens (including phenoxy) is 3. The number of carbonyl (C=O) groups is 2. The van der Waals surface area contributed by atoms with Crippen molar-refractivity contribution < 1.29 is 23.8 Å². The zero-order valence-electron chi connectivity index (χ0n) is 24.6. The second kappa shape index (κ2) is 17.2. The van der Waals surface area contributed by atoms with E-state index in [0.717, 1.165) is 17.1 Å². The van der Waals surface area contributed by atoms with Crippen molar-refractivity contribution in [3.8, 4) is 5.75 Å². The molecule has 0 aromatic heterocycles. The number of benzene rings is 2. The molecule has 0 spiro atoms. The van der Waals surface area contributed by atoms with Gasteiger partial charge in [-0.25, -0.2) is 9.59 Å². The molecule has 0 aliphatic carbocycles. The Morgan fingerprint density at radius 3 is 2.20 bits per heavy atom. The summed E-state index contributed by atoms with van der Waals surface area (Å²) >= 11 is 7.55. The van der Waals surface area contributed by atoms with Gasteiger partial charge < -0.3 is 19.5 Å². The molecule has 220 valence electrons. The maximum absolute atomic E-state index is 12.5. The van der Waals surface area contributed by atoms with Crippen molar-refractivity contribution in [3.05, 3.63) is 71.3 Å². The smallest absolute Gasteiger partial charge is 0.407 e. The van der Waals surface area contributed by atoms with Gasteiger partial charge in [0.25, 0.3) is 0 Å². The lowest BCUT2D eigenvalue weighted by molar-refractivity contribution is -0.138. The standard InChI is InChI=1S/C32H44ClNO5S/c1-8-29(21(2)3)30(22(4)5)24-9-13-26(14-10-24)38-19-27(20-40-28-15-11-25(33)12-16-28)39-32(36)34-17-18-37-31(35)23(6)7/h9-16,21-22,27,29-30H,6,8,17-20H2,1-5,7H3,(H,34,36). The Hall–Kier alpha value is -2.64. The number of amides is 1. The number of nitrogens with one attached hydrogen (secondary N) is 1. The highest BCUT2D eigenvalue weighted by Gasteiger charge is 2.27. The molecule has 3 atom stereocenters. The van der Waals surface area contributed by atoms with Crippen molar-refractivity contribution in [2.24, 2.45) is 17.8 Å². The van der Waals surface area contributed by atoms with Crippen LogP contribution < -0.4 is 10.1 Å². The fourth-order valence-electron chi connectivity index (χ4n) is 4.69. The van der Waals surface area contributed by atoms with Gasteiger partial charge in [0.05, 0.1) is 6.54 Å². The van der Waals surface area contributed by atoms with Crippen molar-refractivity contribution in [2.45, 2.75) is 64.9 Å². The summed E-state index contributed by atoms with van der Waals surface area (Å²) in [5.41, 5.74) is 1.62. The van der Waals surface area contributed by atoms with E-state index >= 15 is 0 Å². The minimum atomic E-state index is -0.605. The first-order valence-corrected chi connectivity index (χ1v) is 15.3. The first-order valence-electron chi connectivity index (χ1n) is 13.9. The van der Waals surface area contributed by atoms with Crippen LogP contribution in [0, 0.1) is 17.8 Å². The van der Waals surface area contributed by atoms with E-state index in [-0.39, 0.29) is 19.8 Å². The van der Waals surface area contributed by atoms with Crippen LogP contribution in [0.2, 0.25) is 5.02 Å². The number of hydrogen-bond acceptors (Lipinski definition) is 6. The molecule has 2 aromatic rings. The lowest BCUT2D eigenvalue weighted by Crippen LogP contribution is -2.35. The molecule has 1 amide bonds. The molecule has 0 bridgehead atoms. The molecule has 40 heavy (non-hydrogen) atoms. The van der Waals surface area contributed by atoms with Crippen molar-refractivity contribution in [2.75, 3.05) is 25.5 Å². The van der Waals surface area contributed by atoms with E-state index in [2.05, 4.69) is 58.6 Å². The maximum Gasteiger partial charge on any atom is 0.407 e. The van der Waals surface area contributed by atoms with Crippen molar-refractivity contribution in [1.82, 2.24) is 5.32 Å². The highest BCUT2D eigenvalue weighted by Crippen LogP contribution is 2.38. The van der Waals surface area contributed by atoms with Gasteiger partial charge in [-0.2, -0.15) is 0 Å².